The van der Waals surface area contributed by atoms with E-state index >= 15 is 0 Å². The largest absolute Gasteiger partial charge is 0.0622 e. The lowest BCUT2D eigenvalue weighted by atomic mass is 9.78. The number of rotatable bonds is 6. The third kappa shape index (κ3) is 5.37. The van der Waals surface area contributed by atoms with Crippen LogP contribution in [0.2, 0.25) is 0 Å². The molecule has 0 heteroatoms. The van der Waals surface area contributed by atoms with Crippen molar-refractivity contribution in [2.24, 2.45) is 0 Å². The molecular formula is C53H40. The Morgan fingerprint density at radius 1 is 0.340 bits per heavy atom. The highest BCUT2D eigenvalue weighted by Gasteiger charge is 2.36. The van der Waals surface area contributed by atoms with Gasteiger partial charge in [-0.3, -0.25) is 0 Å². The molecule has 0 aliphatic heterocycles. The van der Waals surface area contributed by atoms with E-state index in [1.165, 1.54) is 94.6 Å². The minimum Gasteiger partial charge on any atom is -0.0622 e. The zero-order valence-electron chi connectivity index (χ0n) is 30.2. The second-order valence-electron chi connectivity index (χ2n) is 15.3. The molecule has 8 aromatic carbocycles. The van der Waals surface area contributed by atoms with Crippen molar-refractivity contribution in [1.82, 2.24) is 0 Å². The quantitative estimate of drug-likeness (QED) is 0.154. The molecule has 0 saturated carbocycles. The Labute approximate surface area is 313 Å². The van der Waals surface area contributed by atoms with E-state index in [4.69, 9.17) is 0 Å². The van der Waals surface area contributed by atoms with Crippen LogP contribution in [0.1, 0.15) is 58.7 Å². The zero-order valence-corrected chi connectivity index (χ0v) is 30.2. The molecule has 0 fully saturated rings. The van der Waals surface area contributed by atoms with Gasteiger partial charge in [-0.15, -0.1) is 0 Å². The fourth-order valence-electron chi connectivity index (χ4n) is 8.99. The molecule has 0 aromatic heterocycles. The molecule has 10 rings (SSSR count). The van der Waals surface area contributed by atoms with Crippen molar-refractivity contribution in [2.75, 3.05) is 0 Å². The highest BCUT2D eigenvalue weighted by molar-refractivity contribution is 5.86. The lowest BCUT2D eigenvalue weighted by Gasteiger charge is -2.25. The molecule has 252 valence electrons. The van der Waals surface area contributed by atoms with Gasteiger partial charge in [0.2, 0.25) is 0 Å². The summed E-state index contributed by atoms with van der Waals surface area (Å²) in [5.74, 6) is 0.0966. The summed E-state index contributed by atoms with van der Waals surface area (Å²) < 4.78 is 0. The first-order chi connectivity index (χ1) is 26.0. The Bertz CT molecular complexity index is 2540. The Morgan fingerprint density at radius 2 is 0.792 bits per heavy atom. The van der Waals surface area contributed by atoms with Crippen LogP contribution >= 0.6 is 0 Å². The maximum atomic E-state index is 2.50. The van der Waals surface area contributed by atoms with Crippen molar-refractivity contribution in [1.29, 1.82) is 0 Å². The summed E-state index contributed by atoms with van der Waals surface area (Å²) in [7, 11) is 0. The van der Waals surface area contributed by atoms with Crippen LogP contribution in [0.3, 0.4) is 0 Å². The molecule has 0 amide bonds. The Balaban J connectivity index is 1.04. The van der Waals surface area contributed by atoms with Crippen molar-refractivity contribution in [3.63, 3.8) is 0 Å². The van der Waals surface area contributed by atoms with Crippen LogP contribution in [0.15, 0.2) is 188 Å². The maximum Gasteiger partial charge on any atom is 0.0340 e. The maximum absolute atomic E-state index is 2.50. The van der Waals surface area contributed by atoms with E-state index in [2.05, 4.69) is 202 Å². The molecule has 0 unspecified atom stereocenters. The molecule has 0 heterocycles. The topological polar surface area (TPSA) is 0 Å². The van der Waals surface area contributed by atoms with Gasteiger partial charge >= 0.3 is 0 Å². The number of hydrogen-bond acceptors (Lipinski definition) is 0. The summed E-state index contributed by atoms with van der Waals surface area (Å²) in [6.07, 6.45) is 1.02. The summed E-state index contributed by atoms with van der Waals surface area (Å²) in [5.41, 5.74) is 22.4. The molecule has 0 N–H and O–H groups in total. The van der Waals surface area contributed by atoms with E-state index in [1.54, 1.807) is 0 Å². The van der Waals surface area contributed by atoms with E-state index < -0.39 is 0 Å². The molecule has 8 aromatic rings. The van der Waals surface area contributed by atoms with Crippen LogP contribution in [-0.4, -0.2) is 0 Å². The molecule has 2 aliphatic carbocycles. The van der Waals surface area contributed by atoms with Crippen LogP contribution < -0.4 is 0 Å². The third-order valence-corrected chi connectivity index (χ3v) is 11.9. The van der Waals surface area contributed by atoms with Gasteiger partial charge in [0.1, 0.15) is 0 Å². The number of benzene rings is 8. The van der Waals surface area contributed by atoms with Crippen LogP contribution in [0.4, 0.5) is 0 Å². The highest BCUT2D eigenvalue weighted by atomic mass is 14.4. The third-order valence-electron chi connectivity index (χ3n) is 11.9. The van der Waals surface area contributed by atoms with Crippen LogP contribution in [-0.2, 0) is 11.8 Å². The van der Waals surface area contributed by atoms with E-state index in [-0.39, 0.29) is 11.3 Å². The van der Waals surface area contributed by atoms with Gasteiger partial charge in [-0.05, 0) is 113 Å². The SMILES string of the molecule is CC1(C)c2cc(-c3ccc4c(c3)-c3ccccc3C4)ccc2-c2ccc(C(c3ccc(-c4ccccc4)cc3)c3ccc(-c4ccccc4)cc3)cc21. The standard InChI is InChI=1S/C53H40/c1-53(2)50-33-42(41-25-26-44-31-43-15-9-10-16-46(43)49(44)32-41)27-29-47(50)48-30-28-45(34-51(48)53)52(39-21-17-37(18-22-39)35-11-5-3-6-12-35)40-23-19-38(20-24-40)36-13-7-4-8-14-36/h3-30,32-34,52H,31H2,1-2H3. The van der Waals surface area contributed by atoms with Crippen LogP contribution in [0.5, 0.6) is 0 Å². The van der Waals surface area contributed by atoms with Gasteiger partial charge in [0.05, 0.1) is 0 Å². The molecule has 0 spiro atoms. The van der Waals surface area contributed by atoms with Gasteiger partial charge in [0, 0.05) is 11.3 Å². The molecular weight excluding hydrogens is 637 g/mol. The first-order valence-electron chi connectivity index (χ1n) is 18.8. The van der Waals surface area contributed by atoms with Gasteiger partial charge in [-0.25, -0.2) is 0 Å². The summed E-state index contributed by atoms with van der Waals surface area (Å²) in [5, 5.41) is 0. The van der Waals surface area contributed by atoms with Crippen LogP contribution in [0, 0.1) is 0 Å². The monoisotopic (exact) mass is 676 g/mol. The molecule has 0 atom stereocenters. The first-order valence-corrected chi connectivity index (χ1v) is 18.8. The second-order valence-corrected chi connectivity index (χ2v) is 15.3. The van der Waals surface area contributed by atoms with E-state index in [9.17, 15) is 0 Å². The lowest BCUT2D eigenvalue weighted by Crippen LogP contribution is -2.16. The average Bonchev–Trinajstić information content (AvgIpc) is 3.70. The van der Waals surface area contributed by atoms with E-state index in [0.29, 0.717) is 0 Å². The summed E-state index contributed by atoms with van der Waals surface area (Å²) in [6, 6.07) is 70.1. The zero-order chi connectivity index (χ0) is 35.5. The van der Waals surface area contributed by atoms with Gasteiger partial charge < -0.3 is 0 Å². The predicted octanol–water partition coefficient (Wildman–Crippen LogP) is 13.7. The number of fused-ring (bicyclic) bond motifs is 6. The number of hydrogen-bond donors (Lipinski definition) is 0. The molecule has 0 nitrogen and oxygen atoms in total. The Morgan fingerprint density at radius 3 is 1.43 bits per heavy atom. The first kappa shape index (κ1) is 31.5. The molecule has 2 aliphatic rings. The molecule has 0 saturated heterocycles. The minimum absolute atomic E-state index is 0.0966. The summed E-state index contributed by atoms with van der Waals surface area (Å²) >= 11 is 0. The van der Waals surface area contributed by atoms with Crippen molar-refractivity contribution < 1.29 is 0 Å². The minimum atomic E-state index is -0.140. The molecule has 0 bridgehead atoms. The van der Waals surface area contributed by atoms with Gasteiger partial charge in [0.15, 0.2) is 0 Å². The second kappa shape index (κ2) is 12.5. The fourth-order valence-corrected chi connectivity index (χ4v) is 8.99. The fraction of sp³-hybridized carbons (Fsp3) is 0.0943. The Kier molecular flexibility index (Phi) is 7.41. The van der Waals surface area contributed by atoms with Gasteiger partial charge in [-0.1, -0.05) is 190 Å². The van der Waals surface area contributed by atoms with Crippen LogP contribution in [0.25, 0.3) is 55.6 Å². The Hall–Kier alpha value is -6.24. The van der Waals surface area contributed by atoms with Crippen molar-refractivity contribution in [2.45, 2.75) is 31.6 Å². The van der Waals surface area contributed by atoms with E-state index in [1.807, 2.05) is 0 Å². The summed E-state index contributed by atoms with van der Waals surface area (Å²) in [6.45, 7) is 4.81. The highest BCUT2D eigenvalue weighted by Crippen LogP contribution is 2.51. The van der Waals surface area contributed by atoms with Crippen molar-refractivity contribution in [3.05, 3.63) is 227 Å². The summed E-state index contributed by atoms with van der Waals surface area (Å²) in [4.78, 5) is 0. The van der Waals surface area contributed by atoms with Gasteiger partial charge in [-0.2, -0.15) is 0 Å². The smallest absolute Gasteiger partial charge is 0.0340 e. The normalized spacial score (nSPS) is 13.3. The van der Waals surface area contributed by atoms with E-state index in [0.717, 1.165) is 6.42 Å². The van der Waals surface area contributed by atoms with Crippen molar-refractivity contribution in [3.8, 4) is 55.6 Å². The molecule has 0 radical (unpaired) electrons. The van der Waals surface area contributed by atoms with Crippen molar-refractivity contribution >= 4 is 0 Å². The average molecular weight is 677 g/mol. The predicted molar refractivity (Wildman–Crippen MR) is 222 cm³/mol. The van der Waals surface area contributed by atoms with Gasteiger partial charge in [0.25, 0.3) is 0 Å². The molecule has 53 heavy (non-hydrogen) atoms. The lowest BCUT2D eigenvalue weighted by molar-refractivity contribution is 0.659.